The Balaban J connectivity index is 2.21. The summed E-state index contributed by atoms with van der Waals surface area (Å²) < 4.78 is 10.0. The molecule has 0 saturated carbocycles. The Hall–Kier alpha value is -2.24. The summed E-state index contributed by atoms with van der Waals surface area (Å²) in [7, 11) is 0. The maximum Gasteiger partial charge on any atom is 0.325 e. The predicted octanol–water partition coefficient (Wildman–Crippen LogP) is 0.717. The summed E-state index contributed by atoms with van der Waals surface area (Å²) in [6.07, 6.45) is 0.147. The largest absolute Gasteiger partial charge is 0.491 e. The average Bonchev–Trinajstić information content (AvgIpc) is 2.39. The molecule has 104 valence electrons. The third-order valence-corrected chi connectivity index (χ3v) is 2.24. The lowest BCUT2D eigenvalue weighted by molar-refractivity contribution is -0.143. The first-order chi connectivity index (χ1) is 9.13. The molecule has 1 amide bonds. The van der Waals surface area contributed by atoms with E-state index in [0.717, 1.165) is 0 Å². The lowest BCUT2D eigenvalue weighted by atomic mass is 10.3. The standard InChI is InChI=1S/C13H18N2O4/c1-2-18-13(17)9-15-12(16)7-8-19-11-6-4-3-5-10(11)14/h3-6H,2,7-9,14H2,1H3,(H,15,16). The van der Waals surface area contributed by atoms with E-state index in [1.54, 1.807) is 31.2 Å². The van der Waals surface area contributed by atoms with Crippen molar-refractivity contribution in [3.63, 3.8) is 0 Å². The van der Waals surface area contributed by atoms with Gasteiger partial charge in [0, 0.05) is 0 Å². The van der Waals surface area contributed by atoms with Crippen LogP contribution in [0.3, 0.4) is 0 Å². The lowest BCUT2D eigenvalue weighted by Crippen LogP contribution is -2.31. The summed E-state index contributed by atoms with van der Waals surface area (Å²) in [6.45, 7) is 2.08. The minimum Gasteiger partial charge on any atom is -0.491 e. The Labute approximate surface area is 111 Å². The third-order valence-electron chi connectivity index (χ3n) is 2.24. The van der Waals surface area contributed by atoms with Crippen molar-refractivity contribution in [2.75, 3.05) is 25.5 Å². The van der Waals surface area contributed by atoms with Crippen LogP contribution in [-0.4, -0.2) is 31.6 Å². The number of para-hydroxylation sites is 2. The molecule has 0 heterocycles. The normalized spacial score (nSPS) is 9.74. The van der Waals surface area contributed by atoms with E-state index >= 15 is 0 Å². The minimum atomic E-state index is -0.455. The molecule has 0 aliphatic rings. The quantitative estimate of drug-likeness (QED) is 0.560. The van der Waals surface area contributed by atoms with Gasteiger partial charge in [0.1, 0.15) is 12.3 Å². The fraction of sp³-hybridized carbons (Fsp3) is 0.385. The van der Waals surface area contributed by atoms with Gasteiger partial charge in [0.2, 0.25) is 5.91 Å². The van der Waals surface area contributed by atoms with Crippen LogP contribution < -0.4 is 15.8 Å². The van der Waals surface area contributed by atoms with Gasteiger partial charge in [-0.2, -0.15) is 0 Å². The number of carbonyl (C=O) groups excluding carboxylic acids is 2. The Morgan fingerprint density at radius 1 is 1.32 bits per heavy atom. The lowest BCUT2D eigenvalue weighted by Gasteiger charge is -2.08. The van der Waals surface area contributed by atoms with E-state index in [9.17, 15) is 9.59 Å². The molecule has 0 aromatic heterocycles. The first-order valence-corrected chi connectivity index (χ1v) is 6.03. The van der Waals surface area contributed by atoms with E-state index in [4.69, 9.17) is 10.5 Å². The SMILES string of the molecule is CCOC(=O)CNC(=O)CCOc1ccccc1N. The van der Waals surface area contributed by atoms with Crippen LogP contribution in [0.5, 0.6) is 5.75 Å². The van der Waals surface area contributed by atoms with Gasteiger partial charge in [-0.1, -0.05) is 12.1 Å². The number of hydrogen-bond donors (Lipinski definition) is 2. The van der Waals surface area contributed by atoms with Crippen molar-refractivity contribution in [2.24, 2.45) is 0 Å². The highest BCUT2D eigenvalue weighted by molar-refractivity contribution is 5.81. The number of benzene rings is 1. The molecule has 0 saturated heterocycles. The topological polar surface area (TPSA) is 90.6 Å². The number of rotatable bonds is 7. The van der Waals surface area contributed by atoms with Crippen LogP contribution in [0.2, 0.25) is 0 Å². The molecule has 6 nitrogen and oxygen atoms in total. The summed E-state index contributed by atoms with van der Waals surface area (Å²) >= 11 is 0. The van der Waals surface area contributed by atoms with Crippen molar-refractivity contribution in [1.29, 1.82) is 0 Å². The Morgan fingerprint density at radius 3 is 2.74 bits per heavy atom. The molecule has 0 aliphatic heterocycles. The van der Waals surface area contributed by atoms with E-state index < -0.39 is 5.97 Å². The summed E-state index contributed by atoms with van der Waals surface area (Å²) in [5.41, 5.74) is 6.21. The van der Waals surface area contributed by atoms with Crippen LogP contribution >= 0.6 is 0 Å². The Morgan fingerprint density at radius 2 is 2.05 bits per heavy atom. The van der Waals surface area contributed by atoms with Gasteiger partial charge in [-0.05, 0) is 19.1 Å². The highest BCUT2D eigenvalue weighted by atomic mass is 16.5. The summed E-state index contributed by atoms with van der Waals surface area (Å²) in [5, 5.41) is 2.44. The highest BCUT2D eigenvalue weighted by Crippen LogP contribution is 2.19. The number of esters is 1. The Kier molecular flexibility index (Phi) is 6.21. The van der Waals surface area contributed by atoms with Crippen molar-refractivity contribution in [3.05, 3.63) is 24.3 Å². The Bertz CT molecular complexity index is 434. The number of amides is 1. The van der Waals surface area contributed by atoms with Crippen LogP contribution in [0, 0.1) is 0 Å². The number of nitrogens with one attached hydrogen (secondary N) is 1. The zero-order valence-electron chi connectivity index (χ0n) is 10.8. The molecule has 1 rings (SSSR count). The number of carbonyl (C=O) groups is 2. The van der Waals surface area contributed by atoms with Crippen LogP contribution in [-0.2, 0) is 14.3 Å². The van der Waals surface area contributed by atoms with Crippen LogP contribution in [0.15, 0.2) is 24.3 Å². The van der Waals surface area contributed by atoms with E-state index in [1.807, 2.05) is 0 Å². The second kappa shape index (κ2) is 7.97. The molecule has 0 unspecified atom stereocenters. The molecule has 6 heteroatoms. The van der Waals surface area contributed by atoms with Gasteiger partial charge in [0.05, 0.1) is 25.3 Å². The molecule has 1 aromatic rings. The second-order valence-electron chi connectivity index (χ2n) is 3.72. The maximum absolute atomic E-state index is 11.4. The van der Waals surface area contributed by atoms with Crippen LogP contribution in [0.25, 0.3) is 0 Å². The summed E-state index contributed by atoms with van der Waals surface area (Å²) in [4.78, 5) is 22.4. The molecular formula is C13H18N2O4. The molecule has 0 radical (unpaired) electrons. The second-order valence-corrected chi connectivity index (χ2v) is 3.72. The average molecular weight is 266 g/mol. The summed E-state index contributed by atoms with van der Waals surface area (Å²) in [6, 6.07) is 7.04. The fourth-order valence-corrected chi connectivity index (χ4v) is 1.34. The fourth-order valence-electron chi connectivity index (χ4n) is 1.34. The van der Waals surface area contributed by atoms with Gasteiger partial charge in [-0.15, -0.1) is 0 Å². The van der Waals surface area contributed by atoms with Gasteiger partial charge >= 0.3 is 5.97 Å². The summed E-state index contributed by atoms with van der Waals surface area (Å²) in [5.74, 6) is -0.188. The van der Waals surface area contributed by atoms with Gasteiger partial charge in [0.15, 0.2) is 0 Å². The van der Waals surface area contributed by atoms with E-state index in [0.29, 0.717) is 18.0 Å². The zero-order valence-corrected chi connectivity index (χ0v) is 10.8. The number of nitrogens with two attached hydrogens (primary N) is 1. The molecule has 0 fully saturated rings. The first-order valence-electron chi connectivity index (χ1n) is 6.03. The van der Waals surface area contributed by atoms with Crippen molar-refractivity contribution in [1.82, 2.24) is 5.32 Å². The molecule has 3 N–H and O–H groups in total. The molecule has 0 bridgehead atoms. The molecule has 0 atom stereocenters. The minimum absolute atomic E-state index is 0.125. The highest BCUT2D eigenvalue weighted by Gasteiger charge is 2.06. The van der Waals surface area contributed by atoms with Crippen LogP contribution in [0.4, 0.5) is 5.69 Å². The van der Waals surface area contributed by atoms with Crippen molar-refractivity contribution >= 4 is 17.6 Å². The van der Waals surface area contributed by atoms with Gasteiger partial charge in [-0.3, -0.25) is 9.59 Å². The van der Waals surface area contributed by atoms with Gasteiger partial charge in [0.25, 0.3) is 0 Å². The number of anilines is 1. The number of hydrogen-bond acceptors (Lipinski definition) is 5. The third kappa shape index (κ3) is 5.76. The van der Waals surface area contributed by atoms with Crippen LogP contribution in [0.1, 0.15) is 13.3 Å². The maximum atomic E-state index is 11.4. The van der Waals surface area contributed by atoms with Gasteiger partial charge in [-0.25, -0.2) is 0 Å². The number of ether oxygens (including phenoxy) is 2. The number of nitrogen functional groups attached to an aromatic ring is 1. The monoisotopic (exact) mass is 266 g/mol. The van der Waals surface area contributed by atoms with Crippen molar-refractivity contribution < 1.29 is 19.1 Å². The van der Waals surface area contributed by atoms with E-state index in [2.05, 4.69) is 10.1 Å². The van der Waals surface area contributed by atoms with E-state index in [-0.39, 0.29) is 25.5 Å². The zero-order chi connectivity index (χ0) is 14.1. The van der Waals surface area contributed by atoms with E-state index in [1.165, 1.54) is 0 Å². The molecular weight excluding hydrogens is 248 g/mol. The molecule has 1 aromatic carbocycles. The smallest absolute Gasteiger partial charge is 0.325 e. The van der Waals surface area contributed by atoms with Gasteiger partial charge < -0.3 is 20.5 Å². The predicted molar refractivity (Wildman–Crippen MR) is 70.6 cm³/mol. The molecule has 0 aliphatic carbocycles. The first kappa shape index (κ1) is 14.8. The van der Waals surface area contributed by atoms with Crippen molar-refractivity contribution in [2.45, 2.75) is 13.3 Å². The molecule has 19 heavy (non-hydrogen) atoms. The van der Waals surface area contributed by atoms with Crippen molar-refractivity contribution in [3.8, 4) is 5.75 Å². The molecule has 0 spiro atoms.